The van der Waals surface area contributed by atoms with Crippen molar-refractivity contribution in [2.24, 2.45) is 0 Å². The summed E-state index contributed by atoms with van der Waals surface area (Å²) < 4.78 is 13.9. The number of nitrogens with two attached hydrogens (primary N) is 1. The summed E-state index contributed by atoms with van der Waals surface area (Å²) in [5.74, 6) is -0.509. The second kappa shape index (κ2) is 8.56. The van der Waals surface area contributed by atoms with Crippen LogP contribution in [-0.4, -0.2) is 18.2 Å². The van der Waals surface area contributed by atoms with Gasteiger partial charge in [0, 0.05) is 18.1 Å². The van der Waals surface area contributed by atoms with E-state index in [9.17, 15) is 4.39 Å². The van der Waals surface area contributed by atoms with Gasteiger partial charge in [-0.2, -0.15) is 0 Å². The van der Waals surface area contributed by atoms with Crippen LogP contribution in [0.15, 0.2) is 30.3 Å². The average Bonchev–Trinajstić information content (AvgIpc) is 2.57. The Labute approximate surface area is 162 Å². The van der Waals surface area contributed by atoms with Crippen molar-refractivity contribution in [1.82, 2.24) is 0 Å². The molecule has 0 amide bonds. The van der Waals surface area contributed by atoms with E-state index in [1.165, 1.54) is 6.07 Å². The lowest BCUT2D eigenvalue weighted by Gasteiger charge is -2.26. The third-order valence-electron chi connectivity index (χ3n) is 3.69. The quantitative estimate of drug-likeness (QED) is 0.465. The van der Waals surface area contributed by atoms with Crippen molar-refractivity contribution in [3.05, 3.63) is 46.2 Å². The lowest BCUT2D eigenvalue weighted by atomic mass is 10.2. The molecule has 0 atom stereocenters. The number of nitrogens with one attached hydrogen (secondary N) is 2. The second-order valence-electron chi connectivity index (χ2n) is 5.23. The van der Waals surface area contributed by atoms with Crippen LogP contribution >= 0.6 is 35.4 Å². The van der Waals surface area contributed by atoms with E-state index in [0.29, 0.717) is 21.4 Å². The first-order valence-electron chi connectivity index (χ1n) is 7.73. The van der Waals surface area contributed by atoms with E-state index in [1.54, 1.807) is 24.3 Å². The van der Waals surface area contributed by atoms with Crippen molar-refractivity contribution in [3.8, 4) is 0 Å². The maximum Gasteiger partial charge on any atom is 0.175 e. The van der Waals surface area contributed by atoms with Gasteiger partial charge in [-0.3, -0.25) is 0 Å². The van der Waals surface area contributed by atoms with Crippen molar-refractivity contribution in [3.63, 3.8) is 0 Å². The minimum atomic E-state index is -0.509. The van der Waals surface area contributed by atoms with Crippen LogP contribution in [0, 0.1) is 5.82 Å². The Balaban J connectivity index is 2.29. The van der Waals surface area contributed by atoms with Crippen molar-refractivity contribution in [1.29, 1.82) is 0 Å². The van der Waals surface area contributed by atoms with E-state index in [-0.39, 0.29) is 10.8 Å². The van der Waals surface area contributed by atoms with Crippen LogP contribution in [0.2, 0.25) is 10.0 Å². The topological polar surface area (TPSA) is 53.3 Å². The van der Waals surface area contributed by atoms with Crippen molar-refractivity contribution >= 4 is 63.3 Å². The van der Waals surface area contributed by atoms with Crippen LogP contribution < -0.4 is 21.3 Å². The van der Waals surface area contributed by atoms with Gasteiger partial charge >= 0.3 is 0 Å². The number of rotatable bonds is 5. The van der Waals surface area contributed by atoms with Crippen LogP contribution in [0.25, 0.3) is 0 Å². The van der Waals surface area contributed by atoms with Gasteiger partial charge in [0.1, 0.15) is 5.82 Å². The summed E-state index contributed by atoms with van der Waals surface area (Å²) in [5.41, 5.74) is 7.72. The molecule has 0 unspecified atom stereocenters. The largest absolute Gasteiger partial charge is 0.395 e. The highest BCUT2D eigenvalue weighted by Gasteiger charge is 2.16. The molecule has 0 bridgehead atoms. The monoisotopic (exact) mass is 400 g/mol. The predicted molar refractivity (Wildman–Crippen MR) is 111 cm³/mol. The van der Waals surface area contributed by atoms with Gasteiger partial charge in [0.05, 0.1) is 27.8 Å². The number of benzene rings is 2. The predicted octanol–water partition coefficient (Wildman–Crippen LogP) is 5.37. The number of hydrogen-bond donors (Lipinski definition) is 3. The zero-order chi connectivity index (χ0) is 18.6. The highest BCUT2D eigenvalue weighted by Crippen LogP contribution is 2.34. The molecule has 0 saturated carbocycles. The van der Waals surface area contributed by atoms with Gasteiger partial charge in [0.25, 0.3) is 0 Å². The molecule has 0 aliphatic carbocycles. The zero-order valence-electron chi connectivity index (χ0n) is 13.9. The van der Waals surface area contributed by atoms with Crippen LogP contribution in [0.1, 0.15) is 13.8 Å². The molecule has 0 saturated heterocycles. The Morgan fingerprint density at radius 2 is 1.84 bits per heavy atom. The lowest BCUT2D eigenvalue weighted by molar-refractivity contribution is 0.633. The first kappa shape index (κ1) is 19.6. The maximum atomic E-state index is 13.9. The molecule has 0 spiro atoms. The molecule has 0 heterocycles. The number of nitrogen functional groups attached to an aromatic ring is 1. The average molecular weight is 401 g/mol. The molecule has 2 aromatic carbocycles. The summed E-state index contributed by atoms with van der Waals surface area (Å²) in [6.45, 7) is 5.52. The van der Waals surface area contributed by atoms with Crippen LogP contribution in [0.4, 0.5) is 27.1 Å². The molecular formula is C17H19Cl2FN4S. The molecule has 4 N–H and O–H groups in total. The number of nitrogens with zero attached hydrogens (tertiary/aromatic N) is 1. The molecule has 8 heteroatoms. The zero-order valence-corrected chi connectivity index (χ0v) is 16.2. The van der Waals surface area contributed by atoms with Crippen LogP contribution in [-0.2, 0) is 0 Å². The van der Waals surface area contributed by atoms with Crippen LogP contribution in [0.3, 0.4) is 0 Å². The molecule has 25 heavy (non-hydrogen) atoms. The molecule has 0 radical (unpaired) electrons. The highest BCUT2D eigenvalue weighted by atomic mass is 35.5. The smallest absolute Gasteiger partial charge is 0.175 e. The molecule has 2 rings (SSSR count). The number of halogens is 3. The Morgan fingerprint density at radius 1 is 1.16 bits per heavy atom. The van der Waals surface area contributed by atoms with Crippen LogP contribution in [0.5, 0.6) is 0 Å². The van der Waals surface area contributed by atoms with Crippen molar-refractivity contribution in [2.45, 2.75) is 13.8 Å². The molecule has 0 fully saturated rings. The molecule has 2 aromatic rings. The number of anilines is 4. The van der Waals surface area contributed by atoms with Gasteiger partial charge in [-0.15, -0.1) is 0 Å². The van der Waals surface area contributed by atoms with E-state index in [1.807, 2.05) is 13.8 Å². The van der Waals surface area contributed by atoms with Crippen molar-refractivity contribution in [2.75, 3.05) is 34.4 Å². The van der Waals surface area contributed by atoms with E-state index in [0.717, 1.165) is 18.8 Å². The fourth-order valence-electron chi connectivity index (χ4n) is 2.40. The Hall–Kier alpha value is -1.76. The second-order valence-corrected chi connectivity index (χ2v) is 6.48. The van der Waals surface area contributed by atoms with Crippen molar-refractivity contribution < 1.29 is 4.39 Å². The fraction of sp³-hybridized carbons (Fsp3) is 0.235. The fourth-order valence-corrected chi connectivity index (χ4v) is 3.07. The summed E-state index contributed by atoms with van der Waals surface area (Å²) in [4.78, 5) is 2.05. The van der Waals surface area contributed by atoms with E-state index >= 15 is 0 Å². The normalized spacial score (nSPS) is 10.4. The summed E-state index contributed by atoms with van der Waals surface area (Å²) in [6, 6.07) is 8.03. The lowest BCUT2D eigenvalue weighted by Crippen LogP contribution is -2.26. The van der Waals surface area contributed by atoms with E-state index in [2.05, 4.69) is 15.5 Å². The van der Waals surface area contributed by atoms with E-state index in [4.69, 9.17) is 41.2 Å². The Morgan fingerprint density at radius 3 is 2.44 bits per heavy atom. The summed E-state index contributed by atoms with van der Waals surface area (Å²) in [6.07, 6.45) is 0. The molecule has 134 valence electrons. The van der Waals surface area contributed by atoms with Gasteiger partial charge < -0.3 is 21.3 Å². The SMILES string of the molecule is CCN(CC)c1ccc(F)c(N)c1NC(=S)Nc1ccc(Cl)cc1Cl. The summed E-state index contributed by atoms with van der Waals surface area (Å²) in [5, 5.41) is 7.14. The first-order chi connectivity index (χ1) is 11.9. The van der Waals surface area contributed by atoms with Gasteiger partial charge in [0.2, 0.25) is 0 Å². The molecule has 4 nitrogen and oxygen atoms in total. The minimum Gasteiger partial charge on any atom is -0.395 e. The highest BCUT2D eigenvalue weighted by molar-refractivity contribution is 7.80. The minimum absolute atomic E-state index is 0.00996. The molecule has 0 aromatic heterocycles. The van der Waals surface area contributed by atoms with E-state index < -0.39 is 5.82 Å². The number of thiocarbonyl (C=S) groups is 1. The Kier molecular flexibility index (Phi) is 6.70. The van der Waals surface area contributed by atoms with Gasteiger partial charge in [0.15, 0.2) is 5.11 Å². The standard InChI is InChI=1S/C17H19Cl2FN4S/c1-3-24(4-2)14-8-6-12(20)15(21)16(14)23-17(25)22-13-7-5-10(18)9-11(13)19/h5-9H,3-4,21H2,1-2H3,(H2,22,23,25). The maximum absolute atomic E-state index is 13.9. The van der Waals surface area contributed by atoms with Gasteiger partial charge in [-0.05, 0) is 56.4 Å². The first-order valence-corrected chi connectivity index (χ1v) is 8.89. The third-order valence-corrected chi connectivity index (χ3v) is 4.44. The third kappa shape index (κ3) is 4.66. The summed E-state index contributed by atoms with van der Waals surface area (Å²) in [7, 11) is 0. The molecular weight excluding hydrogens is 382 g/mol. The molecule has 0 aliphatic rings. The van der Waals surface area contributed by atoms with Gasteiger partial charge in [-0.25, -0.2) is 4.39 Å². The molecule has 0 aliphatic heterocycles. The summed E-state index contributed by atoms with van der Waals surface area (Å²) >= 11 is 17.3. The Bertz CT molecular complexity index is 781. The number of hydrogen-bond acceptors (Lipinski definition) is 3. The van der Waals surface area contributed by atoms with Gasteiger partial charge in [-0.1, -0.05) is 23.2 Å².